The van der Waals surface area contributed by atoms with E-state index >= 15 is 0 Å². The Hall–Kier alpha value is -2.98. The molecule has 1 amide bonds. The standard InChI is InChI=1S/C18H20F3N7O/c1-12-4-8-23-27(12)10-6-15(29)26-9-2-3-13(11-26)14-5-7-22-17-24-16(18(19,20)21)25-28(14)17/h4-5,7-8,13H,2-3,6,9-11H2,1H3/t13-/m0/s1. The summed E-state index contributed by atoms with van der Waals surface area (Å²) >= 11 is 0. The van der Waals surface area contributed by atoms with Crippen LogP contribution < -0.4 is 0 Å². The molecule has 0 radical (unpaired) electrons. The highest BCUT2D eigenvalue weighted by molar-refractivity contribution is 5.76. The van der Waals surface area contributed by atoms with Gasteiger partial charge in [-0.1, -0.05) is 0 Å². The van der Waals surface area contributed by atoms with E-state index in [0.29, 0.717) is 31.7 Å². The Kier molecular flexibility index (Phi) is 4.97. The summed E-state index contributed by atoms with van der Waals surface area (Å²) < 4.78 is 41.8. The van der Waals surface area contributed by atoms with E-state index in [1.54, 1.807) is 21.8 Å². The molecular formula is C18H20F3N7O. The van der Waals surface area contributed by atoms with Crippen molar-refractivity contribution < 1.29 is 18.0 Å². The van der Waals surface area contributed by atoms with Crippen LogP contribution in [0.3, 0.4) is 0 Å². The minimum Gasteiger partial charge on any atom is -0.342 e. The van der Waals surface area contributed by atoms with E-state index in [4.69, 9.17) is 0 Å². The van der Waals surface area contributed by atoms with E-state index in [9.17, 15) is 18.0 Å². The Balaban J connectivity index is 1.50. The SMILES string of the molecule is Cc1ccnn1CCC(=O)N1CCC[C@H](c2ccnc3nc(C(F)(F)F)nn23)C1. The molecule has 0 saturated carbocycles. The van der Waals surface area contributed by atoms with Crippen molar-refractivity contribution in [2.75, 3.05) is 13.1 Å². The van der Waals surface area contributed by atoms with Crippen molar-refractivity contribution in [2.24, 2.45) is 0 Å². The van der Waals surface area contributed by atoms with Crippen LogP contribution in [0.5, 0.6) is 0 Å². The topological polar surface area (TPSA) is 81.2 Å². The van der Waals surface area contributed by atoms with Gasteiger partial charge in [-0.15, -0.1) is 5.10 Å². The maximum Gasteiger partial charge on any atom is 0.453 e. The summed E-state index contributed by atoms with van der Waals surface area (Å²) in [7, 11) is 0. The maximum absolute atomic E-state index is 13.0. The first-order valence-electron chi connectivity index (χ1n) is 9.38. The minimum atomic E-state index is -4.63. The zero-order chi connectivity index (χ0) is 20.6. The highest BCUT2D eigenvalue weighted by Gasteiger charge is 2.37. The number of likely N-dealkylation sites (tertiary alicyclic amines) is 1. The number of amides is 1. The molecule has 3 aromatic rings. The van der Waals surface area contributed by atoms with Gasteiger partial charge in [0.25, 0.3) is 11.6 Å². The van der Waals surface area contributed by atoms with Gasteiger partial charge in [-0.25, -0.2) is 9.50 Å². The molecule has 0 aromatic carbocycles. The van der Waals surface area contributed by atoms with Gasteiger partial charge in [-0.3, -0.25) is 9.48 Å². The van der Waals surface area contributed by atoms with Crippen molar-refractivity contribution in [3.8, 4) is 0 Å². The average molecular weight is 407 g/mol. The third kappa shape index (κ3) is 3.94. The first-order chi connectivity index (χ1) is 13.8. The molecule has 11 heteroatoms. The minimum absolute atomic E-state index is 0.00414. The van der Waals surface area contributed by atoms with Crippen LogP contribution in [0.25, 0.3) is 5.78 Å². The summed E-state index contributed by atoms with van der Waals surface area (Å²) in [6.45, 7) is 3.48. The molecule has 154 valence electrons. The summed E-state index contributed by atoms with van der Waals surface area (Å²) in [4.78, 5) is 21.8. The predicted octanol–water partition coefficient (Wildman–Crippen LogP) is 2.44. The summed E-state index contributed by atoms with van der Waals surface area (Å²) in [5, 5.41) is 7.79. The molecule has 8 nitrogen and oxygen atoms in total. The first-order valence-corrected chi connectivity index (χ1v) is 9.38. The van der Waals surface area contributed by atoms with Crippen molar-refractivity contribution in [3.63, 3.8) is 0 Å². The first kappa shape index (κ1) is 19.3. The molecule has 4 heterocycles. The second-order valence-corrected chi connectivity index (χ2v) is 7.14. The van der Waals surface area contributed by atoms with Crippen LogP contribution in [0.2, 0.25) is 0 Å². The van der Waals surface area contributed by atoms with Gasteiger partial charge in [0.15, 0.2) is 0 Å². The molecule has 0 N–H and O–H groups in total. The number of alkyl halides is 3. The van der Waals surface area contributed by atoms with E-state index < -0.39 is 12.0 Å². The van der Waals surface area contributed by atoms with Gasteiger partial charge in [0.05, 0.1) is 5.69 Å². The fourth-order valence-electron chi connectivity index (χ4n) is 3.68. The second-order valence-electron chi connectivity index (χ2n) is 7.14. The lowest BCUT2D eigenvalue weighted by Crippen LogP contribution is -2.40. The van der Waals surface area contributed by atoms with Crippen molar-refractivity contribution in [3.05, 3.63) is 41.7 Å². The number of rotatable bonds is 4. The van der Waals surface area contributed by atoms with Crippen LogP contribution in [0.15, 0.2) is 24.5 Å². The van der Waals surface area contributed by atoms with Gasteiger partial charge in [-0.2, -0.15) is 23.3 Å². The summed E-state index contributed by atoms with van der Waals surface area (Å²) in [6.07, 6.45) is 0.330. The van der Waals surface area contributed by atoms with Crippen LogP contribution in [-0.2, 0) is 17.5 Å². The van der Waals surface area contributed by atoms with Gasteiger partial charge < -0.3 is 4.90 Å². The molecule has 1 aliphatic rings. The quantitative estimate of drug-likeness (QED) is 0.664. The molecule has 0 spiro atoms. The highest BCUT2D eigenvalue weighted by atomic mass is 19.4. The van der Waals surface area contributed by atoms with E-state index in [1.807, 2.05) is 13.0 Å². The molecule has 0 aliphatic carbocycles. The molecule has 4 rings (SSSR count). The van der Waals surface area contributed by atoms with Gasteiger partial charge in [0.2, 0.25) is 5.91 Å². The van der Waals surface area contributed by atoms with Crippen LogP contribution in [-0.4, -0.2) is 53.3 Å². The largest absolute Gasteiger partial charge is 0.453 e. The number of aryl methyl sites for hydroxylation is 2. The highest BCUT2D eigenvalue weighted by Crippen LogP contribution is 2.30. The second kappa shape index (κ2) is 7.45. The Morgan fingerprint density at radius 1 is 1.28 bits per heavy atom. The Morgan fingerprint density at radius 3 is 2.83 bits per heavy atom. The average Bonchev–Trinajstić information content (AvgIpc) is 3.32. The number of nitrogens with zero attached hydrogens (tertiary/aromatic N) is 7. The molecule has 0 unspecified atom stereocenters. The summed E-state index contributed by atoms with van der Waals surface area (Å²) in [6, 6.07) is 3.52. The monoisotopic (exact) mass is 407 g/mol. The van der Waals surface area contributed by atoms with Gasteiger partial charge in [-0.05, 0) is 31.9 Å². The molecule has 0 bridgehead atoms. The zero-order valence-corrected chi connectivity index (χ0v) is 15.8. The molecule has 3 aromatic heterocycles. The van der Waals surface area contributed by atoms with Crippen LogP contribution >= 0.6 is 0 Å². The molecule has 1 atom stereocenters. The number of piperidine rings is 1. The number of fused-ring (bicyclic) bond motifs is 1. The Labute approximate surface area is 164 Å². The normalized spacial score (nSPS) is 17.8. The fourth-order valence-corrected chi connectivity index (χ4v) is 3.68. The molecular weight excluding hydrogens is 387 g/mol. The van der Waals surface area contributed by atoms with Crippen LogP contribution in [0.1, 0.15) is 42.4 Å². The van der Waals surface area contributed by atoms with E-state index in [0.717, 1.165) is 23.1 Å². The van der Waals surface area contributed by atoms with E-state index in [1.165, 1.54) is 6.20 Å². The van der Waals surface area contributed by atoms with Crippen LogP contribution in [0.4, 0.5) is 13.2 Å². The molecule has 1 aliphatic heterocycles. The van der Waals surface area contributed by atoms with Crippen molar-refractivity contribution in [1.29, 1.82) is 0 Å². The Bertz CT molecular complexity index is 1030. The number of hydrogen-bond acceptors (Lipinski definition) is 5. The zero-order valence-electron chi connectivity index (χ0n) is 15.8. The number of halogens is 3. The lowest BCUT2D eigenvalue weighted by molar-refractivity contribution is -0.144. The van der Waals surface area contributed by atoms with Crippen molar-refractivity contribution in [1.82, 2.24) is 34.3 Å². The smallest absolute Gasteiger partial charge is 0.342 e. The molecule has 29 heavy (non-hydrogen) atoms. The van der Waals surface area contributed by atoms with Crippen molar-refractivity contribution >= 4 is 11.7 Å². The number of carbonyl (C=O) groups is 1. The van der Waals surface area contributed by atoms with Gasteiger partial charge in [0.1, 0.15) is 0 Å². The fraction of sp³-hybridized carbons (Fsp3) is 0.500. The van der Waals surface area contributed by atoms with E-state index in [2.05, 4.69) is 20.2 Å². The van der Waals surface area contributed by atoms with Crippen LogP contribution in [0, 0.1) is 6.92 Å². The number of carbonyl (C=O) groups excluding carboxylic acids is 1. The van der Waals surface area contributed by atoms with Gasteiger partial charge in [0, 0.05) is 50.1 Å². The number of hydrogen-bond donors (Lipinski definition) is 0. The summed E-state index contributed by atoms with van der Waals surface area (Å²) in [5.41, 5.74) is 1.57. The lowest BCUT2D eigenvalue weighted by atomic mass is 9.94. The third-order valence-corrected chi connectivity index (χ3v) is 5.18. The lowest BCUT2D eigenvalue weighted by Gasteiger charge is -2.33. The van der Waals surface area contributed by atoms with Crippen molar-refractivity contribution in [2.45, 2.75) is 44.8 Å². The van der Waals surface area contributed by atoms with Gasteiger partial charge >= 0.3 is 6.18 Å². The van der Waals surface area contributed by atoms with E-state index in [-0.39, 0.29) is 17.6 Å². The predicted molar refractivity (Wildman–Crippen MR) is 95.9 cm³/mol. The maximum atomic E-state index is 13.0. The Morgan fingerprint density at radius 2 is 2.10 bits per heavy atom. The summed E-state index contributed by atoms with van der Waals surface area (Å²) in [5.74, 6) is -1.43. The third-order valence-electron chi connectivity index (χ3n) is 5.18. The molecule has 1 fully saturated rings. The number of aromatic nitrogens is 6. The molecule has 1 saturated heterocycles.